The molecule has 6 rings (SSSR count). The van der Waals surface area contributed by atoms with Crippen molar-refractivity contribution in [1.29, 1.82) is 0 Å². The predicted octanol–water partition coefficient (Wildman–Crippen LogP) is 5.47. The van der Waals surface area contributed by atoms with E-state index in [-0.39, 0.29) is 5.91 Å². The Hall–Kier alpha value is -4.07. The van der Waals surface area contributed by atoms with Crippen molar-refractivity contribution >= 4 is 33.5 Å². The number of fused-ring (bicyclic) bond motifs is 2. The first-order valence-corrected chi connectivity index (χ1v) is 11.8. The van der Waals surface area contributed by atoms with Crippen LogP contribution in [0.1, 0.15) is 38.5 Å². The zero-order chi connectivity index (χ0) is 22.9. The summed E-state index contributed by atoms with van der Waals surface area (Å²) in [6, 6.07) is 9.81. The third kappa shape index (κ3) is 4.03. The van der Waals surface area contributed by atoms with Gasteiger partial charge in [-0.3, -0.25) is 24.8 Å². The van der Waals surface area contributed by atoms with Gasteiger partial charge in [0.15, 0.2) is 0 Å². The number of anilines is 1. The number of aromatic nitrogens is 6. The van der Waals surface area contributed by atoms with Gasteiger partial charge < -0.3 is 10.3 Å². The van der Waals surface area contributed by atoms with E-state index in [4.69, 9.17) is 0 Å². The average Bonchev–Trinajstić information content (AvgIpc) is 3.48. The highest BCUT2D eigenvalue weighted by Crippen LogP contribution is 2.31. The quantitative estimate of drug-likeness (QED) is 0.328. The van der Waals surface area contributed by atoms with Crippen molar-refractivity contribution in [3.05, 3.63) is 55.1 Å². The zero-order valence-electron chi connectivity index (χ0n) is 18.7. The molecular formula is C26H25N7O. The van der Waals surface area contributed by atoms with Crippen LogP contribution >= 0.6 is 0 Å². The van der Waals surface area contributed by atoms with E-state index in [0.717, 1.165) is 57.4 Å². The number of rotatable bonds is 5. The molecule has 5 aromatic rings. The minimum atomic E-state index is 0.0544. The van der Waals surface area contributed by atoms with Gasteiger partial charge in [-0.1, -0.05) is 19.3 Å². The number of aromatic amines is 2. The van der Waals surface area contributed by atoms with E-state index in [9.17, 15) is 4.79 Å². The van der Waals surface area contributed by atoms with Crippen LogP contribution in [0.3, 0.4) is 0 Å². The first kappa shape index (κ1) is 20.5. The fourth-order valence-electron chi connectivity index (χ4n) is 4.88. The van der Waals surface area contributed by atoms with Gasteiger partial charge in [0.1, 0.15) is 5.69 Å². The number of hydrogen-bond acceptors (Lipinski definition) is 5. The summed E-state index contributed by atoms with van der Waals surface area (Å²) < 4.78 is 0. The van der Waals surface area contributed by atoms with Crippen molar-refractivity contribution in [3.8, 4) is 22.6 Å². The highest BCUT2D eigenvalue weighted by molar-refractivity contribution is 5.96. The molecule has 5 heterocycles. The molecule has 1 fully saturated rings. The first-order valence-electron chi connectivity index (χ1n) is 11.8. The van der Waals surface area contributed by atoms with Crippen LogP contribution in [0.5, 0.6) is 0 Å². The molecule has 0 bridgehead atoms. The second-order valence-electron chi connectivity index (χ2n) is 9.03. The van der Waals surface area contributed by atoms with Crippen molar-refractivity contribution in [3.63, 3.8) is 0 Å². The number of amides is 1. The fraction of sp³-hybridized carbons (Fsp3) is 0.269. The third-order valence-corrected chi connectivity index (χ3v) is 6.61. The molecule has 170 valence electrons. The molecule has 8 heteroatoms. The minimum Gasteiger partial charge on any atom is -0.352 e. The van der Waals surface area contributed by atoms with Crippen LogP contribution in [-0.4, -0.2) is 36.0 Å². The lowest BCUT2D eigenvalue weighted by molar-refractivity contribution is -0.117. The molecule has 0 aromatic carbocycles. The van der Waals surface area contributed by atoms with Crippen LogP contribution < -0.4 is 5.32 Å². The normalized spacial score (nSPS) is 14.6. The number of carbonyl (C=O) groups is 1. The Bertz CT molecular complexity index is 1450. The molecule has 1 aliphatic rings. The molecule has 0 atom stereocenters. The summed E-state index contributed by atoms with van der Waals surface area (Å²) in [4.78, 5) is 29.3. The molecule has 1 saturated carbocycles. The largest absolute Gasteiger partial charge is 0.352 e. The van der Waals surface area contributed by atoms with E-state index in [1.807, 2.05) is 30.3 Å². The van der Waals surface area contributed by atoms with Gasteiger partial charge in [0.25, 0.3) is 0 Å². The summed E-state index contributed by atoms with van der Waals surface area (Å²) in [6.45, 7) is 0. The van der Waals surface area contributed by atoms with Crippen molar-refractivity contribution < 1.29 is 4.79 Å². The maximum atomic E-state index is 12.6. The highest BCUT2D eigenvalue weighted by atomic mass is 16.1. The molecule has 0 saturated heterocycles. The first-order chi connectivity index (χ1) is 16.7. The second kappa shape index (κ2) is 8.70. The van der Waals surface area contributed by atoms with Crippen molar-refractivity contribution in [1.82, 2.24) is 30.1 Å². The zero-order valence-corrected chi connectivity index (χ0v) is 18.7. The minimum absolute atomic E-state index is 0.0544. The van der Waals surface area contributed by atoms with Crippen LogP contribution in [0.15, 0.2) is 55.1 Å². The van der Waals surface area contributed by atoms with Gasteiger partial charge >= 0.3 is 0 Å². The number of H-pyrrole nitrogens is 2. The van der Waals surface area contributed by atoms with E-state index in [0.29, 0.717) is 18.0 Å². The molecule has 0 aliphatic heterocycles. The van der Waals surface area contributed by atoms with Gasteiger partial charge in [0, 0.05) is 29.8 Å². The summed E-state index contributed by atoms with van der Waals surface area (Å²) in [6.07, 6.45) is 13.6. The molecule has 8 nitrogen and oxygen atoms in total. The van der Waals surface area contributed by atoms with Gasteiger partial charge in [-0.25, -0.2) is 0 Å². The number of pyridine rings is 3. The van der Waals surface area contributed by atoms with Crippen molar-refractivity contribution in [2.24, 2.45) is 5.92 Å². The van der Waals surface area contributed by atoms with Gasteiger partial charge in [-0.15, -0.1) is 0 Å². The number of carbonyl (C=O) groups excluding carboxylic acids is 1. The molecule has 5 aromatic heterocycles. The molecule has 3 N–H and O–H groups in total. The smallest absolute Gasteiger partial charge is 0.224 e. The lowest BCUT2D eigenvalue weighted by atomic mass is 9.87. The lowest BCUT2D eigenvalue weighted by Crippen LogP contribution is -2.18. The third-order valence-electron chi connectivity index (χ3n) is 6.61. The number of nitrogens with one attached hydrogen (secondary N) is 3. The van der Waals surface area contributed by atoms with Gasteiger partial charge in [-0.2, -0.15) is 5.10 Å². The van der Waals surface area contributed by atoms with Gasteiger partial charge in [0.05, 0.1) is 46.0 Å². The monoisotopic (exact) mass is 451 g/mol. The van der Waals surface area contributed by atoms with Crippen molar-refractivity contribution in [2.45, 2.75) is 38.5 Å². The van der Waals surface area contributed by atoms with Crippen LogP contribution in [0.2, 0.25) is 0 Å². The summed E-state index contributed by atoms with van der Waals surface area (Å²) in [5.41, 5.74) is 6.68. The maximum Gasteiger partial charge on any atom is 0.224 e. The van der Waals surface area contributed by atoms with E-state index >= 15 is 0 Å². The number of nitrogens with zero attached hydrogens (tertiary/aromatic N) is 4. The van der Waals surface area contributed by atoms with Crippen LogP contribution in [0, 0.1) is 5.92 Å². The lowest BCUT2D eigenvalue weighted by Gasteiger charge is -2.20. The van der Waals surface area contributed by atoms with E-state index in [1.165, 1.54) is 19.3 Å². The molecule has 0 radical (unpaired) electrons. The highest BCUT2D eigenvalue weighted by Gasteiger charge is 2.18. The molecule has 1 aliphatic carbocycles. The maximum absolute atomic E-state index is 12.6. The molecule has 34 heavy (non-hydrogen) atoms. The Morgan fingerprint density at radius 3 is 2.82 bits per heavy atom. The van der Waals surface area contributed by atoms with E-state index in [2.05, 4.69) is 35.5 Å². The summed E-state index contributed by atoms with van der Waals surface area (Å²) in [5.74, 6) is 0.548. The molecule has 1 amide bonds. The topological polar surface area (TPSA) is 112 Å². The fourth-order valence-corrected chi connectivity index (χ4v) is 4.88. The molecule has 0 spiro atoms. The Kier molecular flexibility index (Phi) is 5.25. The van der Waals surface area contributed by atoms with Gasteiger partial charge in [0.2, 0.25) is 5.91 Å². The SMILES string of the molecule is O=C(CC1CCCCC1)Nc1cncc(-c2cc3c(-c4cc5ncccc5[nH]4)n[nH]c3cn2)c1. The van der Waals surface area contributed by atoms with E-state index < -0.39 is 0 Å². The van der Waals surface area contributed by atoms with E-state index in [1.54, 1.807) is 24.8 Å². The van der Waals surface area contributed by atoms with Crippen LogP contribution in [-0.2, 0) is 4.79 Å². The predicted molar refractivity (Wildman–Crippen MR) is 132 cm³/mol. The Balaban J connectivity index is 1.27. The van der Waals surface area contributed by atoms with Crippen LogP contribution in [0.25, 0.3) is 44.6 Å². The standard InChI is InChI=1S/C26H25N7O/c34-25(9-16-5-2-1-3-6-16)30-18-10-17(13-27-14-18)21-11-19-24(15-29-21)32-33-26(19)23-12-22-20(31-23)7-4-8-28-22/h4,7-8,10-16,31H,1-3,5-6,9H2,(H,30,34)(H,32,33). The summed E-state index contributed by atoms with van der Waals surface area (Å²) >= 11 is 0. The average molecular weight is 452 g/mol. The Morgan fingerprint density at radius 1 is 1.03 bits per heavy atom. The Labute approximate surface area is 196 Å². The molecule has 0 unspecified atom stereocenters. The second-order valence-corrected chi connectivity index (χ2v) is 9.03. The summed E-state index contributed by atoms with van der Waals surface area (Å²) in [7, 11) is 0. The Morgan fingerprint density at radius 2 is 1.94 bits per heavy atom. The van der Waals surface area contributed by atoms with Gasteiger partial charge in [-0.05, 0) is 49.1 Å². The number of hydrogen-bond donors (Lipinski definition) is 3. The summed E-state index contributed by atoms with van der Waals surface area (Å²) in [5, 5.41) is 11.5. The molecular weight excluding hydrogens is 426 g/mol. The van der Waals surface area contributed by atoms with Crippen molar-refractivity contribution in [2.75, 3.05) is 5.32 Å². The van der Waals surface area contributed by atoms with Crippen LogP contribution in [0.4, 0.5) is 5.69 Å².